The summed E-state index contributed by atoms with van der Waals surface area (Å²) in [6, 6.07) is 6.75. The van der Waals surface area contributed by atoms with Gasteiger partial charge in [-0.3, -0.25) is 0 Å². The molecule has 78 valence electrons. The van der Waals surface area contributed by atoms with Crippen LogP contribution in [0.4, 0.5) is 4.39 Å². The number of hydrogen-bond acceptors (Lipinski definition) is 0. The topological polar surface area (TPSA) is 4.93 Å². The molecule has 1 nitrogen and oxygen atoms in total. The van der Waals surface area contributed by atoms with Gasteiger partial charge in [0.25, 0.3) is 0 Å². The molecular weight excluding hydrogens is 213 g/mol. The highest BCUT2D eigenvalue weighted by molar-refractivity contribution is 6.30. The Morgan fingerprint density at radius 1 is 1.33 bits per heavy atom. The van der Waals surface area contributed by atoms with Gasteiger partial charge in [0.2, 0.25) is 0 Å². The normalized spacial score (nSPS) is 10.6. The Labute approximate surface area is 93.1 Å². The Kier molecular flexibility index (Phi) is 2.78. The van der Waals surface area contributed by atoms with E-state index < -0.39 is 0 Å². The van der Waals surface area contributed by atoms with E-state index in [0.29, 0.717) is 17.1 Å². The van der Waals surface area contributed by atoms with Gasteiger partial charge in [-0.1, -0.05) is 17.7 Å². The molecule has 0 unspecified atom stereocenters. The van der Waals surface area contributed by atoms with Crippen LogP contribution in [0, 0.1) is 12.7 Å². The SMILES string of the molecule is Cc1ccn(Cc2ccc(Cl)cc2F)c1. The molecule has 0 saturated carbocycles. The van der Waals surface area contributed by atoms with E-state index in [1.165, 1.54) is 11.6 Å². The summed E-state index contributed by atoms with van der Waals surface area (Å²) in [5.41, 5.74) is 1.82. The third kappa shape index (κ3) is 2.39. The zero-order valence-corrected chi connectivity index (χ0v) is 9.13. The molecule has 0 N–H and O–H groups in total. The molecule has 1 aromatic heterocycles. The number of benzene rings is 1. The molecule has 0 aliphatic carbocycles. The largest absolute Gasteiger partial charge is 0.350 e. The van der Waals surface area contributed by atoms with Crippen LogP contribution in [0.2, 0.25) is 5.02 Å². The van der Waals surface area contributed by atoms with Gasteiger partial charge in [0.05, 0.1) is 0 Å². The molecule has 0 saturated heterocycles. The molecule has 1 heterocycles. The molecule has 0 radical (unpaired) electrons. The van der Waals surface area contributed by atoms with Crippen LogP contribution >= 0.6 is 11.6 Å². The van der Waals surface area contributed by atoms with Crippen molar-refractivity contribution in [2.45, 2.75) is 13.5 Å². The highest BCUT2D eigenvalue weighted by atomic mass is 35.5. The van der Waals surface area contributed by atoms with Gasteiger partial charge in [0.1, 0.15) is 5.82 Å². The molecule has 2 aromatic rings. The minimum absolute atomic E-state index is 0.256. The lowest BCUT2D eigenvalue weighted by Gasteiger charge is -2.04. The lowest BCUT2D eigenvalue weighted by atomic mass is 10.2. The van der Waals surface area contributed by atoms with Crippen LogP contribution in [0.15, 0.2) is 36.7 Å². The molecular formula is C12H11ClFN. The summed E-state index contributed by atoms with van der Waals surface area (Å²) in [6.45, 7) is 2.55. The van der Waals surface area contributed by atoms with Gasteiger partial charge in [-0.05, 0) is 30.7 Å². The number of aryl methyl sites for hydroxylation is 1. The molecule has 0 bridgehead atoms. The average Bonchev–Trinajstić information content (AvgIpc) is 2.56. The van der Waals surface area contributed by atoms with E-state index in [0.717, 1.165) is 0 Å². The average molecular weight is 224 g/mol. The van der Waals surface area contributed by atoms with Crippen LogP contribution in [-0.2, 0) is 6.54 Å². The Morgan fingerprint density at radius 3 is 2.73 bits per heavy atom. The van der Waals surface area contributed by atoms with Gasteiger partial charge < -0.3 is 4.57 Å². The Bertz CT molecular complexity index is 476. The first-order valence-electron chi connectivity index (χ1n) is 4.71. The van der Waals surface area contributed by atoms with Crippen molar-refractivity contribution >= 4 is 11.6 Å². The highest BCUT2D eigenvalue weighted by Crippen LogP contribution is 2.15. The minimum Gasteiger partial charge on any atom is -0.350 e. The number of hydrogen-bond donors (Lipinski definition) is 0. The van der Waals surface area contributed by atoms with Crippen LogP contribution in [0.5, 0.6) is 0 Å². The summed E-state index contributed by atoms with van der Waals surface area (Å²) in [7, 11) is 0. The molecule has 0 aliphatic rings. The second-order valence-corrected chi connectivity index (χ2v) is 4.03. The highest BCUT2D eigenvalue weighted by Gasteiger charge is 2.03. The smallest absolute Gasteiger partial charge is 0.129 e. The van der Waals surface area contributed by atoms with Gasteiger partial charge in [-0.2, -0.15) is 0 Å². The van der Waals surface area contributed by atoms with E-state index >= 15 is 0 Å². The fourth-order valence-electron chi connectivity index (χ4n) is 1.51. The molecule has 0 atom stereocenters. The Morgan fingerprint density at radius 2 is 2.13 bits per heavy atom. The quantitative estimate of drug-likeness (QED) is 0.733. The van der Waals surface area contributed by atoms with Crippen molar-refractivity contribution in [3.05, 3.63) is 58.6 Å². The first-order valence-corrected chi connectivity index (χ1v) is 5.09. The molecule has 15 heavy (non-hydrogen) atoms. The first-order chi connectivity index (χ1) is 7.15. The van der Waals surface area contributed by atoms with Crippen molar-refractivity contribution in [3.63, 3.8) is 0 Å². The predicted molar refractivity (Wildman–Crippen MR) is 59.7 cm³/mol. The Balaban J connectivity index is 2.24. The summed E-state index contributed by atoms with van der Waals surface area (Å²) >= 11 is 5.68. The molecule has 3 heteroatoms. The standard InChI is InChI=1S/C12H11ClFN/c1-9-4-5-15(7-9)8-10-2-3-11(13)6-12(10)14/h2-7H,8H2,1H3. The Hall–Kier alpha value is -1.28. The maximum absolute atomic E-state index is 13.4. The number of nitrogens with zero attached hydrogens (tertiary/aromatic N) is 1. The minimum atomic E-state index is -0.256. The van der Waals surface area contributed by atoms with Crippen LogP contribution in [0.3, 0.4) is 0 Å². The zero-order chi connectivity index (χ0) is 10.8. The third-order valence-electron chi connectivity index (χ3n) is 2.27. The van der Waals surface area contributed by atoms with Crippen molar-refractivity contribution in [2.75, 3.05) is 0 Å². The van der Waals surface area contributed by atoms with Gasteiger partial charge in [0.15, 0.2) is 0 Å². The lowest BCUT2D eigenvalue weighted by molar-refractivity contribution is 0.600. The van der Waals surface area contributed by atoms with Crippen molar-refractivity contribution in [1.29, 1.82) is 0 Å². The molecule has 0 fully saturated rings. The van der Waals surface area contributed by atoms with Crippen molar-refractivity contribution in [2.24, 2.45) is 0 Å². The predicted octanol–water partition coefficient (Wildman–Crippen LogP) is 3.64. The van der Waals surface area contributed by atoms with E-state index in [4.69, 9.17) is 11.6 Å². The van der Waals surface area contributed by atoms with Gasteiger partial charge in [-0.15, -0.1) is 0 Å². The van der Waals surface area contributed by atoms with E-state index in [1.54, 1.807) is 12.1 Å². The maximum atomic E-state index is 13.4. The molecule has 0 amide bonds. The number of halogens is 2. The van der Waals surface area contributed by atoms with E-state index in [2.05, 4.69) is 0 Å². The van der Waals surface area contributed by atoms with E-state index in [9.17, 15) is 4.39 Å². The van der Waals surface area contributed by atoms with Crippen molar-refractivity contribution in [3.8, 4) is 0 Å². The second kappa shape index (κ2) is 4.07. The van der Waals surface area contributed by atoms with Crippen LogP contribution in [0.25, 0.3) is 0 Å². The van der Waals surface area contributed by atoms with Crippen LogP contribution < -0.4 is 0 Å². The number of aromatic nitrogens is 1. The lowest BCUT2D eigenvalue weighted by Crippen LogP contribution is -1.98. The van der Waals surface area contributed by atoms with Crippen LogP contribution in [-0.4, -0.2) is 4.57 Å². The molecule has 0 aliphatic heterocycles. The van der Waals surface area contributed by atoms with Crippen LogP contribution in [0.1, 0.15) is 11.1 Å². The monoisotopic (exact) mass is 223 g/mol. The molecule has 2 rings (SSSR count). The van der Waals surface area contributed by atoms with Crippen molar-refractivity contribution in [1.82, 2.24) is 4.57 Å². The zero-order valence-electron chi connectivity index (χ0n) is 8.37. The first kappa shape index (κ1) is 10.2. The van der Waals surface area contributed by atoms with Gasteiger partial charge in [0, 0.05) is 29.5 Å². The van der Waals surface area contributed by atoms with Gasteiger partial charge >= 0.3 is 0 Å². The summed E-state index contributed by atoms with van der Waals surface area (Å²) in [4.78, 5) is 0. The fourth-order valence-corrected chi connectivity index (χ4v) is 1.66. The molecule has 0 spiro atoms. The van der Waals surface area contributed by atoms with E-state index in [1.807, 2.05) is 30.0 Å². The summed E-state index contributed by atoms with van der Waals surface area (Å²) in [5.74, 6) is -0.256. The second-order valence-electron chi connectivity index (χ2n) is 3.60. The summed E-state index contributed by atoms with van der Waals surface area (Å²) < 4.78 is 15.4. The van der Waals surface area contributed by atoms with Crippen molar-refractivity contribution < 1.29 is 4.39 Å². The summed E-state index contributed by atoms with van der Waals surface area (Å²) in [5, 5.41) is 0.430. The third-order valence-corrected chi connectivity index (χ3v) is 2.50. The molecule has 1 aromatic carbocycles. The summed E-state index contributed by atoms with van der Waals surface area (Å²) in [6.07, 6.45) is 3.91. The number of rotatable bonds is 2. The van der Waals surface area contributed by atoms with E-state index in [-0.39, 0.29) is 5.82 Å². The van der Waals surface area contributed by atoms with Gasteiger partial charge in [-0.25, -0.2) is 4.39 Å². The fraction of sp³-hybridized carbons (Fsp3) is 0.167. The maximum Gasteiger partial charge on any atom is 0.129 e.